The van der Waals surface area contributed by atoms with Gasteiger partial charge in [0.15, 0.2) is 0 Å². The quantitative estimate of drug-likeness (QED) is 0.658. The van der Waals surface area contributed by atoms with Crippen LogP contribution in [0.1, 0.15) is 53.7 Å². The minimum atomic E-state index is -3.57. The van der Waals surface area contributed by atoms with Crippen LogP contribution in [-0.4, -0.2) is 27.2 Å². The molecule has 0 bridgehead atoms. The van der Waals surface area contributed by atoms with E-state index in [0.29, 0.717) is 0 Å². The fraction of sp³-hybridized carbons (Fsp3) is 0.421. The van der Waals surface area contributed by atoms with Crippen molar-refractivity contribution in [2.45, 2.75) is 44.3 Å². The van der Waals surface area contributed by atoms with Crippen LogP contribution in [0.4, 0.5) is 8.78 Å². The van der Waals surface area contributed by atoms with Gasteiger partial charge in [-0.05, 0) is 31.0 Å². The maximum atomic E-state index is 14.8. The fourth-order valence-corrected chi connectivity index (χ4v) is 3.59. The number of H-pyrrole nitrogens is 1. The van der Waals surface area contributed by atoms with Gasteiger partial charge in [0, 0.05) is 17.7 Å². The molecule has 1 saturated carbocycles. The highest BCUT2D eigenvalue weighted by atomic mass is 35.5. The van der Waals surface area contributed by atoms with Crippen LogP contribution in [0.25, 0.3) is 0 Å². The molecule has 1 heterocycles. The molecule has 1 amide bonds. The van der Waals surface area contributed by atoms with Crippen molar-refractivity contribution >= 4 is 17.5 Å². The molecule has 9 heteroatoms. The second-order valence-electron chi connectivity index (χ2n) is 6.87. The van der Waals surface area contributed by atoms with Gasteiger partial charge in [0.2, 0.25) is 0 Å². The number of halogens is 3. The molecule has 1 aromatic heterocycles. The van der Waals surface area contributed by atoms with Crippen LogP contribution < -0.4 is 11.0 Å². The highest BCUT2D eigenvalue weighted by Crippen LogP contribution is 2.35. The number of rotatable bonds is 5. The summed E-state index contributed by atoms with van der Waals surface area (Å²) in [5, 5.41) is 12.7. The maximum Gasteiger partial charge on any atom is 0.345 e. The average molecular weight is 412 g/mol. The molecule has 1 fully saturated rings. The SMILES string of the molecule is O=C(NC(O)C1CCCCC1)c1cc(C(F)(F)c2ccnc(=O)[nH]2)ccc1Cl. The molecule has 0 aliphatic heterocycles. The number of aliphatic hydroxyl groups is 1. The third-order valence-corrected chi connectivity index (χ3v) is 5.29. The van der Waals surface area contributed by atoms with Gasteiger partial charge in [-0.1, -0.05) is 36.9 Å². The number of benzene rings is 1. The first kappa shape index (κ1) is 20.4. The molecular weight excluding hydrogens is 392 g/mol. The number of alkyl halides is 2. The Bertz CT molecular complexity index is 913. The van der Waals surface area contributed by atoms with E-state index in [9.17, 15) is 23.5 Å². The minimum absolute atomic E-state index is 0.0175. The Morgan fingerprint density at radius 2 is 2.00 bits per heavy atom. The molecule has 1 unspecified atom stereocenters. The number of aliphatic hydroxyl groups excluding tert-OH is 1. The van der Waals surface area contributed by atoms with E-state index in [1.165, 1.54) is 6.07 Å². The molecular formula is C19H20ClF2N3O3. The predicted octanol–water partition coefficient (Wildman–Crippen LogP) is 3.19. The molecule has 2 aromatic rings. The highest BCUT2D eigenvalue weighted by Gasteiger charge is 2.36. The normalized spacial score (nSPS) is 16.6. The first-order chi connectivity index (χ1) is 13.3. The van der Waals surface area contributed by atoms with Gasteiger partial charge in [-0.3, -0.25) is 4.79 Å². The van der Waals surface area contributed by atoms with Gasteiger partial charge in [-0.2, -0.15) is 8.78 Å². The van der Waals surface area contributed by atoms with Gasteiger partial charge in [0.1, 0.15) is 6.23 Å². The van der Waals surface area contributed by atoms with E-state index < -0.39 is 35.0 Å². The van der Waals surface area contributed by atoms with Crippen LogP contribution in [0.15, 0.2) is 35.3 Å². The van der Waals surface area contributed by atoms with Crippen molar-refractivity contribution in [3.63, 3.8) is 0 Å². The Morgan fingerprint density at radius 3 is 2.68 bits per heavy atom. The maximum absolute atomic E-state index is 14.8. The number of hydrogen-bond acceptors (Lipinski definition) is 4. The zero-order valence-corrected chi connectivity index (χ0v) is 15.7. The van der Waals surface area contributed by atoms with Gasteiger partial charge in [0.05, 0.1) is 16.3 Å². The van der Waals surface area contributed by atoms with E-state index in [0.717, 1.165) is 56.5 Å². The second kappa shape index (κ2) is 8.36. The molecule has 0 radical (unpaired) electrons. The van der Waals surface area contributed by atoms with E-state index in [1.54, 1.807) is 0 Å². The van der Waals surface area contributed by atoms with Crippen LogP contribution in [0, 0.1) is 5.92 Å². The van der Waals surface area contributed by atoms with Crippen molar-refractivity contribution in [2.75, 3.05) is 0 Å². The zero-order valence-electron chi connectivity index (χ0n) is 14.9. The molecule has 150 valence electrons. The summed E-state index contributed by atoms with van der Waals surface area (Å²) in [4.78, 5) is 29.1. The topological polar surface area (TPSA) is 95.1 Å². The molecule has 6 nitrogen and oxygen atoms in total. The summed E-state index contributed by atoms with van der Waals surface area (Å²) in [5.41, 5.74) is -2.25. The molecule has 3 rings (SSSR count). The van der Waals surface area contributed by atoms with Crippen molar-refractivity contribution < 1.29 is 18.7 Å². The molecule has 1 aliphatic carbocycles. The second-order valence-corrected chi connectivity index (χ2v) is 7.28. The number of aromatic nitrogens is 2. The lowest BCUT2D eigenvalue weighted by Crippen LogP contribution is -2.41. The molecule has 0 spiro atoms. The van der Waals surface area contributed by atoms with Crippen LogP contribution >= 0.6 is 11.6 Å². The van der Waals surface area contributed by atoms with Crippen molar-refractivity contribution in [2.24, 2.45) is 5.92 Å². The summed E-state index contributed by atoms with van der Waals surface area (Å²) in [5.74, 6) is -4.36. The summed E-state index contributed by atoms with van der Waals surface area (Å²) in [7, 11) is 0. The Morgan fingerprint density at radius 1 is 1.29 bits per heavy atom. The lowest BCUT2D eigenvalue weighted by Gasteiger charge is -2.27. The standard InChI is InChI=1S/C19H20ClF2N3O3/c20-14-7-6-12(19(21,22)15-8-9-23-18(28)24-15)10-13(14)17(27)25-16(26)11-4-2-1-3-5-11/h6-11,16,26H,1-5H2,(H,25,27)(H,23,24,28). The zero-order chi connectivity index (χ0) is 20.3. The molecule has 28 heavy (non-hydrogen) atoms. The molecule has 1 aromatic carbocycles. The van der Waals surface area contributed by atoms with Gasteiger partial charge >= 0.3 is 11.6 Å². The number of carbonyl (C=O) groups is 1. The largest absolute Gasteiger partial charge is 0.373 e. The van der Waals surface area contributed by atoms with Crippen LogP contribution in [0.2, 0.25) is 5.02 Å². The van der Waals surface area contributed by atoms with E-state index in [4.69, 9.17) is 11.6 Å². The summed E-state index contributed by atoms with van der Waals surface area (Å²) >= 11 is 6.03. The van der Waals surface area contributed by atoms with Crippen molar-refractivity contribution in [3.8, 4) is 0 Å². The first-order valence-electron chi connectivity index (χ1n) is 9.01. The van der Waals surface area contributed by atoms with E-state index in [2.05, 4.69) is 10.3 Å². The highest BCUT2D eigenvalue weighted by molar-refractivity contribution is 6.33. The molecule has 3 N–H and O–H groups in total. The minimum Gasteiger partial charge on any atom is -0.373 e. The van der Waals surface area contributed by atoms with E-state index in [-0.39, 0.29) is 16.5 Å². The summed E-state index contributed by atoms with van der Waals surface area (Å²) in [6, 6.07) is 4.22. The molecule has 1 atom stereocenters. The predicted molar refractivity (Wildman–Crippen MR) is 99.4 cm³/mol. The molecule has 0 saturated heterocycles. The summed E-state index contributed by atoms with van der Waals surface area (Å²) < 4.78 is 29.5. The van der Waals surface area contributed by atoms with Crippen molar-refractivity contribution in [1.29, 1.82) is 0 Å². The fourth-order valence-electron chi connectivity index (χ4n) is 3.38. The Balaban J connectivity index is 1.84. The smallest absolute Gasteiger partial charge is 0.345 e. The van der Waals surface area contributed by atoms with E-state index >= 15 is 0 Å². The van der Waals surface area contributed by atoms with Gasteiger partial charge in [-0.25, -0.2) is 9.78 Å². The van der Waals surface area contributed by atoms with E-state index in [1.807, 2.05) is 4.98 Å². The third-order valence-electron chi connectivity index (χ3n) is 4.96. The number of carbonyl (C=O) groups excluding carboxylic acids is 1. The molecule has 1 aliphatic rings. The Labute approximate surface area is 165 Å². The summed E-state index contributed by atoms with van der Waals surface area (Å²) in [6.07, 6.45) is 4.55. The van der Waals surface area contributed by atoms with Gasteiger partial charge in [0.25, 0.3) is 5.91 Å². The average Bonchev–Trinajstić information content (AvgIpc) is 2.68. The monoisotopic (exact) mass is 411 g/mol. The number of nitrogens with one attached hydrogen (secondary N) is 2. The van der Waals surface area contributed by atoms with Gasteiger partial charge < -0.3 is 15.4 Å². The summed E-state index contributed by atoms with van der Waals surface area (Å²) in [6.45, 7) is 0. The Hall–Kier alpha value is -2.32. The number of nitrogens with zero attached hydrogens (tertiary/aromatic N) is 1. The number of aromatic amines is 1. The van der Waals surface area contributed by atoms with Gasteiger partial charge in [-0.15, -0.1) is 0 Å². The lowest BCUT2D eigenvalue weighted by atomic mass is 9.88. The van der Waals surface area contributed by atoms with Crippen molar-refractivity contribution in [1.82, 2.24) is 15.3 Å². The van der Waals surface area contributed by atoms with Crippen LogP contribution in [0.3, 0.4) is 0 Å². The number of amides is 1. The Kier molecular flexibility index (Phi) is 6.10. The third kappa shape index (κ3) is 4.39. The van der Waals surface area contributed by atoms with Crippen molar-refractivity contribution in [3.05, 3.63) is 62.8 Å². The van der Waals surface area contributed by atoms with Crippen LogP contribution in [0.5, 0.6) is 0 Å². The lowest BCUT2D eigenvalue weighted by molar-refractivity contribution is 0.0374. The first-order valence-corrected chi connectivity index (χ1v) is 9.39. The van der Waals surface area contributed by atoms with Crippen LogP contribution in [-0.2, 0) is 5.92 Å². The number of hydrogen-bond donors (Lipinski definition) is 3.